The van der Waals surface area contributed by atoms with E-state index in [9.17, 15) is 4.79 Å². The van der Waals surface area contributed by atoms with Crippen molar-refractivity contribution in [2.24, 2.45) is 0 Å². The van der Waals surface area contributed by atoms with E-state index >= 15 is 0 Å². The molecule has 0 saturated heterocycles. The summed E-state index contributed by atoms with van der Waals surface area (Å²) in [4.78, 5) is 23.3. The number of aromatic nitrogens is 3. The Bertz CT molecular complexity index is 958. The standard InChI is InChI=1S/C17H14N4OS2/c22-16(19-8-12-4-3-7-23-12)10-21-14-6-2-1-5-13(14)20-17(21)15-9-18-11-24-15/h1-7,9,11H,8,10H2,(H,19,22). The smallest absolute Gasteiger partial charge is 0.240 e. The first kappa shape index (κ1) is 15.0. The van der Waals surface area contributed by atoms with Crippen molar-refractivity contribution in [3.05, 3.63) is 58.4 Å². The predicted molar refractivity (Wildman–Crippen MR) is 97.0 cm³/mol. The minimum absolute atomic E-state index is 0.0303. The van der Waals surface area contributed by atoms with Gasteiger partial charge in [0.05, 0.1) is 28.0 Å². The van der Waals surface area contributed by atoms with Crippen molar-refractivity contribution in [2.75, 3.05) is 0 Å². The molecule has 0 bridgehead atoms. The zero-order valence-electron chi connectivity index (χ0n) is 12.7. The molecular formula is C17H14N4OS2. The fourth-order valence-corrected chi connectivity index (χ4v) is 3.81. The Balaban J connectivity index is 1.62. The number of imidazole rings is 1. The van der Waals surface area contributed by atoms with Crippen LogP contribution in [-0.4, -0.2) is 20.4 Å². The molecule has 0 radical (unpaired) electrons. The molecule has 7 heteroatoms. The van der Waals surface area contributed by atoms with Gasteiger partial charge in [0.1, 0.15) is 6.54 Å². The largest absolute Gasteiger partial charge is 0.350 e. The number of carbonyl (C=O) groups excluding carboxylic acids is 1. The van der Waals surface area contributed by atoms with Gasteiger partial charge >= 0.3 is 0 Å². The van der Waals surface area contributed by atoms with Gasteiger partial charge in [0.25, 0.3) is 0 Å². The third-order valence-corrected chi connectivity index (χ3v) is 5.29. The molecule has 24 heavy (non-hydrogen) atoms. The third kappa shape index (κ3) is 2.95. The molecule has 0 atom stereocenters. The average Bonchev–Trinajstić information content (AvgIpc) is 3.34. The van der Waals surface area contributed by atoms with Gasteiger partial charge in [-0.15, -0.1) is 22.7 Å². The lowest BCUT2D eigenvalue weighted by Gasteiger charge is -2.08. The van der Waals surface area contributed by atoms with E-state index in [1.54, 1.807) is 23.0 Å². The highest BCUT2D eigenvalue weighted by atomic mass is 32.1. The van der Waals surface area contributed by atoms with Gasteiger partial charge in [0, 0.05) is 11.1 Å². The lowest BCUT2D eigenvalue weighted by atomic mass is 10.3. The van der Waals surface area contributed by atoms with E-state index in [0.717, 1.165) is 26.6 Å². The molecule has 0 aliphatic carbocycles. The van der Waals surface area contributed by atoms with Gasteiger partial charge in [-0.05, 0) is 23.6 Å². The summed E-state index contributed by atoms with van der Waals surface area (Å²) in [5, 5.41) is 4.98. The van der Waals surface area contributed by atoms with Crippen molar-refractivity contribution in [3.8, 4) is 10.7 Å². The van der Waals surface area contributed by atoms with Crippen molar-refractivity contribution in [3.63, 3.8) is 0 Å². The Kier molecular flexibility index (Phi) is 4.10. The Hall–Kier alpha value is -2.51. The van der Waals surface area contributed by atoms with Crippen LogP contribution in [0.3, 0.4) is 0 Å². The van der Waals surface area contributed by atoms with E-state index in [-0.39, 0.29) is 12.5 Å². The van der Waals surface area contributed by atoms with E-state index in [1.165, 1.54) is 11.3 Å². The topological polar surface area (TPSA) is 59.8 Å². The van der Waals surface area contributed by atoms with E-state index in [2.05, 4.69) is 15.3 Å². The number of nitrogens with one attached hydrogen (secondary N) is 1. The molecule has 3 aromatic heterocycles. The summed E-state index contributed by atoms with van der Waals surface area (Å²) in [5.41, 5.74) is 3.61. The second-order valence-corrected chi connectivity index (χ2v) is 7.15. The third-order valence-electron chi connectivity index (χ3n) is 3.65. The fraction of sp³-hybridized carbons (Fsp3) is 0.118. The van der Waals surface area contributed by atoms with Crippen LogP contribution in [0.2, 0.25) is 0 Å². The number of rotatable bonds is 5. The molecule has 1 aromatic carbocycles. The average molecular weight is 354 g/mol. The Morgan fingerprint density at radius 1 is 1.17 bits per heavy atom. The van der Waals surface area contributed by atoms with Gasteiger partial charge in [0.15, 0.2) is 5.82 Å². The van der Waals surface area contributed by atoms with Crippen LogP contribution in [0.1, 0.15) is 4.88 Å². The number of thiazole rings is 1. The summed E-state index contributed by atoms with van der Waals surface area (Å²) in [6, 6.07) is 11.9. The number of hydrogen-bond donors (Lipinski definition) is 1. The van der Waals surface area contributed by atoms with Gasteiger partial charge in [-0.1, -0.05) is 18.2 Å². The Labute approximate surface area is 146 Å². The highest BCUT2D eigenvalue weighted by molar-refractivity contribution is 7.13. The molecule has 0 aliphatic rings. The number of nitrogens with zero attached hydrogens (tertiary/aromatic N) is 3. The summed E-state index contributed by atoms with van der Waals surface area (Å²) < 4.78 is 1.95. The highest BCUT2D eigenvalue weighted by Crippen LogP contribution is 2.27. The van der Waals surface area contributed by atoms with E-state index in [0.29, 0.717) is 6.54 Å². The minimum Gasteiger partial charge on any atom is -0.350 e. The molecule has 0 spiro atoms. The molecule has 4 aromatic rings. The van der Waals surface area contributed by atoms with Gasteiger partial charge in [-0.3, -0.25) is 9.78 Å². The zero-order valence-corrected chi connectivity index (χ0v) is 14.3. The molecule has 0 fully saturated rings. The van der Waals surface area contributed by atoms with E-state index in [4.69, 9.17) is 0 Å². The number of amides is 1. The summed E-state index contributed by atoms with van der Waals surface area (Å²) >= 11 is 3.16. The second kappa shape index (κ2) is 6.54. The molecule has 1 N–H and O–H groups in total. The van der Waals surface area contributed by atoms with Crippen LogP contribution in [0.15, 0.2) is 53.5 Å². The normalized spacial score (nSPS) is 11.0. The van der Waals surface area contributed by atoms with E-state index in [1.807, 2.05) is 46.3 Å². The van der Waals surface area contributed by atoms with Gasteiger partial charge in [-0.2, -0.15) is 0 Å². The van der Waals surface area contributed by atoms with Crippen molar-refractivity contribution in [1.82, 2.24) is 19.9 Å². The minimum atomic E-state index is -0.0303. The van der Waals surface area contributed by atoms with Crippen LogP contribution < -0.4 is 5.32 Å². The quantitative estimate of drug-likeness (QED) is 0.596. The Morgan fingerprint density at radius 3 is 2.88 bits per heavy atom. The number of thiophene rings is 1. The van der Waals surface area contributed by atoms with Crippen LogP contribution in [0.4, 0.5) is 0 Å². The lowest BCUT2D eigenvalue weighted by Crippen LogP contribution is -2.27. The molecule has 0 unspecified atom stereocenters. The first-order valence-corrected chi connectivity index (χ1v) is 9.20. The van der Waals surface area contributed by atoms with Crippen LogP contribution in [0.5, 0.6) is 0 Å². The van der Waals surface area contributed by atoms with Gasteiger partial charge in [0.2, 0.25) is 5.91 Å². The monoisotopic (exact) mass is 354 g/mol. The number of para-hydroxylation sites is 2. The first-order valence-electron chi connectivity index (χ1n) is 7.44. The van der Waals surface area contributed by atoms with Crippen LogP contribution in [0, 0.1) is 0 Å². The maximum atomic E-state index is 12.4. The summed E-state index contributed by atoms with van der Waals surface area (Å²) in [6.07, 6.45) is 1.78. The number of fused-ring (bicyclic) bond motifs is 1. The predicted octanol–water partition coefficient (Wildman–Crippen LogP) is 3.54. The summed E-state index contributed by atoms with van der Waals surface area (Å²) in [6.45, 7) is 0.790. The summed E-state index contributed by atoms with van der Waals surface area (Å²) in [5.74, 6) is 0.752. The molecule has 0 saturated carbocycles. The van der Waals surface area contributed by atoms with Crippen LogP contribution in [-0.2, 0) is 17.9 Å². The molecular weight excluding hydrogens is 340 g/mol. The van der Waals surface area contributed by atoms with Crippen LogP contribution >= 0.6 is 22.7 Å². The molecule has 4 rings (SSSR count). The van der Waals surface area contributed by atoms with Crippen molar-refractivity contribution < 1.29 is 4.79 Å². The van der Waals surface area contributed by atoms with Crippen LogP contribution in [0.25, 0.3) is 21.7 Å². The molecule has 5 nitrogen and oxygen atoms in total. The van der Waals surface area contributed by atoms with Crippen molar-refractivity contribution in [2.45, 2.75) is 13.1 Å². The maximum absolute atomic E-state index is 12.4. The van der Waals surface area contributed by atoms with Gasteiger partial charge < -0.3 is 9.88 Å². The SMILES string of the molecule is O=C(Cn1c(-c2cncs2)nc2ccccc21)NCc1cccs1. The Morgan fingerprint density at radius 2 is 2.08 bits per heavy atom. The number of benzene rings is 1. The molecule has 1 amide bonds. The van der Waals surface area contributed by atoms with E-state index < -0.39 is 0 Å². The number of hydrogen-bond acceptors (Lipinski definition) is 5. The second-order valence-electron chi connectivity index (χ2n) is 5.23. The first-order chi connectivity index (χ1) is 11.8. The lowest BCUT2D eigenvalue weighted by molar-refractivity contribution is -0.121. The molecule has 3 heterocycles. The van der Waals surface area contributed by atoms with Crippen molar-refractivity contribution in [1.29, 1.82) is 0 Å². The van der Waals surface area contributed by atoms with Gasteiger partial charge in [-0.25, -0.2) is 4.98 Å². The number of carbonyl (C=O) groups is 1. The zero-order chi connectivity index (χ0) is 16.4. The summed E-state index contributed by atoms with van der Waals surface area (Å²) in [7, 11) is 0. The molecule has 120 valence electrons. The van der Waals surface area contributed by atoms with Crippen molar-refractivity contribution >= 4 is 39.6 Å². The maximum Gasteiger partial charge on any atom is 0.240 e. The molecule has 0 aliphatic heterocycles. The fourth-order valence-electron chi connectivity index (χ4n) is 2.55. The highest BCUT2D eigenvalue weighted by Gasteiger charge is 2.16.